The maximum Gasteiger partial charge on any atom is 0.194 e. The lowest BCUT2D eigenvalue weighted by atomic mass is 10.4. The highest BCUT2D eigenvalue weighted by Gasteiger charge is 2.06. The highest BCUT2D eigenvalue weighted by atomic mass is 32.2. The third-order valence-electron chi connectivity index (χ3n) is 2.06. The summed E-state index contributed by atoms with van der Waals surface area (Å²) in [4.78, 5) is 8.51. The van der Waals surface area contributed by atoms with Gasteiger partial charge in [0.25, 0.3) is 0 Å². The number of rotatable bonds is 3. The maximum absolute atomic E-state index is 5.53. The molecule has 0 fully saturated rings. The zero-order valence-electron chi connectivity index (χ0n) is 9.21. The Morgan fingerprint density at radius 3 is 2.94 bits per heavy atom. The van der Waals surface area contributed by atoms with Crippen LogP contribution in [0, 0.1) is 6.92 Å². The molecule has 0 radical (unpaired) electrons. The second kappa shape index (κ2) is 4.63. The second-order valence-electron chi connectivity index (χ2n) is 3.38. The van der Waals surface area contributed by atoms with Crippen LogP contribution in [0.1, 0.15) is 11.4 Å². The van der Waals surface area contributed by atoms with E-state index in [1.54, 1.807) is 6.20 Å². The van der Waals surface area contributed by atoms with Crippen molar-refractivity contribution in [2.75, 3.05) is 0 Å². The lowest BCUT2D eigenvalue weighted by Gasteiger charge is -2.01. The van der Waals surface area contributed by atoms with E-state index in [9.17, 15) is 0 Å². The highest BCUT2D eigenvalue weighted by molar-refractivity contribution is 7.99. The van der Waals surface area contributed by atoms with E-state index in [0.29, 0.717) is 11.7 Å². The van der Waals surface area contributed by atoms with Gasteiger partial charge in [-0.25, -0.2) is 9.97 Å². The lowest BCUT2D eigenvalue weighted by molar-refractivity contribution is 0.690. The first-order valence-corrected chi connectivity index (χ1v) is 5.71. The Bertz CT molecular complexity index is 494. The van der Waals surface area contributed by atoms with Gasteiger partial charge in [0.15, 0.2) is 5.16 Å². The average Bonchev–Trinajstić information content (AvgIpc) is 2.58. The molecule has 0 aliphatic heterocycles. The molecular weight excluding hydrogens is 222 g/mol. The number of nitrogens with zero attached hydrogens (tertiary/aromatic N) is 4. The average molecular weight is 235 g/mol. The van der Waals surface area contributed by atoms with Crippen molar-refractivity contribution in [3.05, 3.63) is 29.7 Å². The third kappa shape index (κ3) is 2.40. The van der Waals surface area contributed by atoms with Crippen molar-refractivity contribution in [1.29, 1.82) is 0 Å². The molecule has 0 spiro atoms. The summed E-state index contributed by atoms with van der Waals surface area (Å²) in [6.07, 6.45) is 1.72. The van der Waals surface area contributed by atoms with Crippen LogP contribution >= 0.6 is 11.8 Å². The zero-order valence-corrected chi connectivity index (χ0v) is 10.0. The standard InChI is InChI=1S/C10H13N5S/c1-7-5-9(15(2)14-7)16-10-12-4-3-8(6-11)13-10/h3-5H,6,11H2,1-2H3. The van der Waals surface area contributed by atoms with Crippen molar-refractivity contribution in [3.63, 3.8) is 0 Å². The SMILES string of the molecule is Cc1cc(Sc2nccc(CN)n2)n(C)n1. The molecule has 6 heteroatoms. The lowest BCUT2D eigenvalue weighted by Crippen LogP contribution is -2.01. The summed E-state index contributed by atoms with van der Waals surface area (Å²) >= 11 is 1.49. The van der Waals surface area contributed by atoms with Gasteiger partial charge in [-0.15, -0.1) is 0 Å². The molecule has 0 aromatic carbocycles. The fraction of sp³-hybridized carbons (Fsp3) is 0.300. The van der Waals surface area contributed by atoms with Gasteiger partial charge >= 0.3 is 0 Å². The Kier molecular flexibility index (Phi) is 3.21. The van der Waals surface area contributed by atoms with Crippen molar-refractivity contribution >= 4 is 11.8 Å². The van der Waals surface area contributed by atoms with Crippen LogP contribution in [0.4, 0.5) is 0 Å². The first kappa shape index (κ1) is 11.1. The first-order valence-electron chi connectivity index (χ1n) is 4.89. The topological polar surface area (TPSA) is 69.6 Å². The van der Waals surface area contributed by atoms with Crippen LogP contribution in [0.2, 0.25) is 0 Å². The zero-order chi connectivity index (χ0) is 11.5. The van der Waals surface area contributed by atoms with E-state index in [0.717, 1.165) is 16.4 Å². The maximum atomic E-state index is 5.53. The van der Waals surface area contributed by atoms with Gasteiger partial charge < -0.3 is 5.73 Å². The molecule has 0 bridgehead atoms. The minimum absolute atomic E-state index is 0.431. The van der Waals surface area contributed by atoms with E-state index in [-0.39, 0.29) is 0 Å². The molecule has 2 aromatic rings. The Hall–Kier alpha value is -1.40. The van der Waals surface area contributed by atoms with E-state index in [4.69, 9.17) is 5.73 Å². The van der Waals surface area contributed by atoms with Crippen LogP contribution in [0.3, 0.4) is 0 Å². The van der Waals surface area contributed by atoms with Crippen molar-refractivity contribution in [3.8, 4) is 0 Å². The molecule has 2 aromatic heterocycles. The Morgan fingerprint density at radius 2 is 2.31 bits per heavy atom. The number of aromatic nitrogens is 4. The van der Waals surface area contributed by atoms with Crippen molar-refractivity contribution in [1.82, 2.24) is 19.7 Å². The predicted molar refractivity (Wildman–Crippen MR) is 62.0 cm³/mol. The largest absolute Gasteiger partial charge is 0.325 e. The summed E-state index contributed by atoms with van der Waals surface area (Å²) in [6, 6.07) is 3.82. The van der Waals surface area contributed by atoms with Gasteiger partial charge in [-0.1, -0.05) is 0 Å². The molecule has 0 aliphatic carbocycles. The van der Waals surface area contributed by atoms with Gasteiger partial charge in [0.2, 0.25) is 0 Å². The van der Waals surface area contributed by atoms with E-state index in [1.165, 1.54) is 11.8 Å². The molecule has 0 saturated heterocycles. The molecule has 2 rings (SSSR count). The number of nitrogens with two attached hydrogens (primary N) is 1. The van der Waals surface area contributed by atoms with E-state index in [2.05, 4.69) is 15.1 Å². The minimum atomic E-state index is 0.431. The van der Waals surface area contributed by atoms with Crippen LogP contribution in [-0.4, -0.2) is 19.7 Å². The molecule has 2 N–H and O–H groups in total. The monoisotopic (exact) mass is 235 g/mol. The minimum Gasteiger partial charge on any atom is -0.325 e. The fourth-order valence-corrected chi connectivity index (χ4v) is 2.18. The van der Waals surface area contributed by atoms with Gasteiger partial charge in [-0.3, -0.25) is 4.68 Å². The van der Waals surface area contributed by atoms with Crippen molar-refractivity contribution in [2.45, 2.75) is 23.7 Å². The van der Waals surface area contributed by atoms with Crippen LogP contribution in [0.15, 0.2) is 28.5 Å². The van der Waals surface area contributed by atoms with Gasteiger partial charge in [-0.05, 0) is 30.8 Å². The van der Waals surface area contributed by atoms with Crippen LogP contribution in [0.25, 0.3) is 0 Å². The molecule has 5 nitrogen and oxygen atoms in total. The van der Waals surface area contributed by atoms with Gasteiger partial charge in [0, 0.05) is 19.8 Å². The quantitative estimate of drug-likeness (QED) is 0.808. The third-order valence-corrected chi connectivity index (χ3v) is 3.03. The Labute approximate surface area is 98.1 Å². The smallest absolute Gasteiger partial charge is 0.194 e. The van der Waals surface area contributed by atoms with Crippen LogP contribution in [-0.2, 0) is 13.6 Å². The predicted octanol–water partition coefficient (Wildman–Crippen LogP) is 1.13. The van der Waals surface area contributed by atoms with Gasteiger partial charge in [0.1, 0.15) is 5.03 Å². The van der Waals surface area contributed by atoms with E-state index >= 15 is 0 Å². The molecule has 0 amide bonds. The number of hydrogen-bond donors (Lipinski definition) is 1. The van der Waals surface area contributed by atoms with E-state index in [1.807, 2.05) is 30.8 Å². The molecule has 84 valence electrons. The van der Waals surface area contributed by atoms with Crippen molar-refractivity contribution < 1.29 is 0 Å². The summed E-state index contributed by atoms with van der Waals surface area (Å²) in [7, 11) is 1.90. The summed E-state index contributed by atoms with van der Waals surface area (Å²) in [5.74, 6) is 0. The van der Waals surface area contributed by atoms with Crippen LogP contribution in [0.5, 0.6) is 0 Å². The highest BCUT2D eigenvalue weighted by Crippen LogP contribution is 2.24. The molecule has 16 heavy (non-hydrogen) atoms. The van der Waals surface area contributed by atoms with Gasteiger partial charge in [-0.2, -0.15) is 5.10 Å². The van der Waals surface area contributed by atoms with E-state index < -0.39 is 0 Å². The summed E-state index contributed by atoms with van der Waals surface area (Å²) in [6.45, 7) is 2.39. The molecule has 0 atom stereocenters. The number of hydrogen-bond acceptors (Lipinski definition) is 5. The van der Waals surface area contributed by atoms with Crippen molar-refractivity contribution in [2.24, 2.45) is 12.8 Å². The fourth-order valence-electron chi connectivity index (χ4n) is 1.31. The number of aryl methyl sites for hydroxylation is 2. The molecule has 0 unspecified atom stereocenters. The molecular formula is C10H13N5S. The second-order valence-corrected chi connectivity index (χ2v) is 4.37. The molecule has 0 saturated carbocycles. The Balaban J connectivity index is 2.23. The first-order chi connectivity index (χ1) is 7.69. The molecule has 0 aliphatic rings. The summed E-state index contributed by atoms with van der Waals surface area (Å²) in [5, 5.41) is 5.99. The summed E-state index contributed by atoms with van der Waals surface area (Å²) in [5.41, 5.74) is 7.36. The summed E-state index contributed by atoms with van der Waals surface area (Å²) < 4.78 is 1.82. The normalized spacial score (nSPS) is 10.7. The van der Waals surface area contributed by atoms with Gasteiger partial charge in [0.05, 0.1) is 11.4 Å². The Morgan fingerprint density at radius 1 is 1.50 bits per heavy atom. The molecule has 2 heterocycles. The van der Waals surface area contributed by atoms with Crippen LogP contribution < -0.4 is 5.73 Å².